The first-order chi connectivity index (χ1) is 15.1. The predicted molar refractivity (Wildman–Crippen MR) is 118 cm³/mol. The molecule has 1 amide bonds. The van der Waals surface area contributed by atoms with Crippen molar-refractivity contribution in [3.8, 4) is 11.5 Å². The third-order valence-corrected chi connectivity index (χ3v) is 8.85. The number of nitrogens with one attached hydrogen (secondary N) is 1. The Bertz CT molecular complexity index is 1230. The molecule has 0 aliphatic carbocycles. The molecule has 2 heterocycles. The van der Waals surface area contributed by atoms with Gasteiger partial charge in [0.05, 0.1) is 22.1 Å². The lowest BCUT2D eigenvalue weighted by Crippen LogP contribution is -2.44. The first-order valence-corrected chi connectivity index (χ1v) is 13.4. The molecular weight excluding hydrogens is 456 g/mol. The van der Waals surface area contributed by atoms with E-state index in [0.717, 1.165) is 9.87 Å². The van der Waals surface area contributed by atoms with Crippen LogP contribution in [0.4, 0.5) is 5.69 Å². The van der Waals surface area contributed by atoms with Crippen LogP contribution < -0.4 is 19.1 Å². The van der Waals surface area contributed by atoms with Gasteiger partial charge in [0.1, 0.15) is 19.8 Å². The minimum Gasteiger partial charge on any atom is -0.486 e. The standard InChI is InChI=1S/C21H24N2O7S2/c1-15-2-4-17(5-3-15)23(13-21(24)22-16-8-11-31(25,26)14-16)32(27,28)18-6-7-19-20(12-18)30-10-9-29-19/h2-7,12,16H,8-11,13-14H2,1H3,(H,22,24)/t16-/m1/s1. The van der Waals surface area contributed by atoms with E-state index >= 15 is 0 Å². The maximum Gasteiger partial charge on any atom is 0.264 e. The van der Waals surface area contributed by atoms with E-state index < -0.39 is 38.4 Å². The quantitative estimate of drug-likeness (QED) is 0.661. The molecule has 0 radical (unpaired) electrons. The molecule has 1 saturated heterocycles. The van der Waals surface area contributed by atoms with Crippen LogP contribution in [0.3, 0.4) is 0 Å². The Morgan fingerprint density at radius 1 is 1.09 bits per heavy atom. The first-order valence-electron chi connectivity index (χ1n) is 10.1. The minimum atomic E-state index is -4.13. The SMILES string of the molecule is Cc1ccc(N(CC(=O)N[C@@H]2CCS(=O)(=O)C2)S(=O)(=O)c2ccc3c(c2)OCCO3)cc1. The van der Waals surface area contributed by atoms with Gasteiger partial charge in [0.25, 0.3) is 10.0 Å². The van der Waals surface area contributed by atoms with Crippen molar-refractivity contribution in [1.82, 2.24) is 5.32 Å². The topological polar surface area (TPSA) is 119 Å². The molecule has 172 valence electrons. The van der Waals surface area contributed by atoms with Gasteiger partial charge in [-0.1, -0.05) is 17.7 Å². The lowest BCUT2D eigenvalue weighted by atomic mass is 10.2. The molecule has 0 bridgehead atoms. The summed E-state index contributed by atoms with van der Waals surface area (Å²) in [6.45, 7) is 2.07. The van der Waals surface area contributed by atoms with E-state index in [9.17, 15) is 21.6 Å². The van der Waals surface area contributed by atoms with Crippen LogP contribution in [0.1, 0.15) is 12.0 Å². The average molecular weight is 481 g/mol. The number of carbonyl (C=O) groups excluding carboxylic acids is 1. The van der Waals surface area contributed by atoms with Gasteiger partial charge in [-0.05, 0) is 37.6 Å². The zero-order valence-corrected chi connectivity index (χ0v) is 19.1. The van der Waals surface area contributed by atoms with Crippen molar-refractivity contribution < 1.29 is 31.1 Å². The number of nitrogens with zero attached hydrogens (tertiary/aromatic N) is 1. The molecule has 1 atom stereocenters. The molecule has 2 aromatic carbocycles. The highest BCUT2D eigenvalue weighted by Crippen LogP contribution is 2.34. The molecule has 0 unspecified atom stereocenters. The van der Waals surface area contributed by atoms with Gasteiger partial charge in [0.15, 0.2) is 21.3 Å². The molecule has 1 fully saturated rings. The van der Waals surface area contributed by atoms with E-state index in [4.69, 9.17) is 9.47 Å². The van der Waals surface area contributed by atoms with Crippen LogP contribution in [0.25, 0.3) is 0 Å². The van der Waals surface area contributed by atoms with E-state index in [1.165, 1.54) is 18.2 Å². The van der Waals surface area contributed by atoms with Crippen molar-refractivity contribution in [2.75, 3.05) is 35.6 Å². The smallest absolute Gasteiger partial charge is 0.264 e. The van der Waals surface area contributed by atoms with Gasteiger partial charge in [-0.2, -0.15) is 0 Å². The predicted octanol–water partition coefficient (Wildman–Crippen LogP) is 1.26. The third-order valence-electron chi connectivity index (χ3n) is 5.31. The third kappa shape index (κ3) is 4.83. The van der Waals surface area contributed by atoms with Crippen LogP contribution in [-0.2, 0) is 24.7 Å². The second-order valence-electron chi connectivity index (χ2n) is 7.82. The molecule has 2 aromatic rings. The van der Waals surface area contributed by atoms with Gasteiger partial charge in [0.2, 0.25) is 5.91 Å². The van der Waals surface area contributed by atoms with Gasteiger partial charge < -0.3 is 14.8 Å². The van der Waals surface area contributed by atoms with Gasteiger partial charge >= 0.3 is 0 Å². The number of sulfone groups is 1. The second kappa shape index (κ2) is 8.62. The number of carbonyl (C=O) groups is 1. The maximum atomic E-state index is 13.5. The van der Waals surface area contributed by atoms with Crippen molar-refractivity contribution in [2.24, 2.45) is 0 Å². The number of aryl methyl sites for hydroxylation is 1. The van der Waals surface area contributed by atoms with Crippen molar-refractivity contribution in [3.63, 3.8) is 0 Å². The van der Waals surface area contributed by atoms with Crippen LogP contribution in [0.2, 0.25) is 0 Å². The molecule has 11 heteroatoms. The zero-order chi connectivity index (χ0) is 22.9. The number of hydrogen-bond acceptors (Lipinski definition) is 7. The fraction of sp³-hybridized carbons (Fsp3) is 0.381. The summed E-state index contributed by atoms with van der Waals surface area (Å²) in [5, 5.41) is 2.65. The summed E-state index contributed by atoms with van der Waals surface area (Å²) in [4.78, 5) is 12.7. The Labute approximate surface area is 187 Å². The summed E-state index contributed by atoms with van der Waals surface area (Å²) in [7, 11) is -7.31. The van der Waals surface area contributed by atoms with Crippen molar-refractivity contribution >= 4 is 31.5 Å². The lowest BCUT2D eigenvalue weighted by Gasteiger charge is -2.26. The molecule has 0 saturated carbocycles. The summed E-state index contributed by atoms with van der Waals surface area (Å²) in [5.74, 6) is 0.0701. The largest absolute Gasteiger partial charge is 0.486 e. The molecule has 0 spiro atoms. The minimum absolute atomic E-state index is 0.00905. The summed E-state index contributed by atoms with van der Waals surface area (Å²) < 4.78 is 62.4. The van der Waals surface area contributed by atoms with E-state index in [1.807, 2.05) is 6.92 Å². The maximum absolute atomic E-state index is 13.5. The van der Waals surface area contributed by atoms with E-state index in [0.29, 0.717) is 36.8 Å². The summed E-state index contributed by atoms with van der Waals surface area (Å²) in [6.07, 6.45) is 0.313. The number of rotatable bonds is 6. The van der Waals surface area contributed by atoms with Crippen molar-refractivity contribution in [3.05, 3.63) is 48.0 Å². The number of hydrogen-bond donors (Lipinski definition) is 1. The lowest BCUT2D eigenvalue weighted by molar-refractivity contribution is -0.120. The Morgan fingerprint density at radius 3 is 2.44 bits per heavy atom. The highest BCUT2D eigenvalue weighted by molar-refractivity contribution is 7.93. The monoisotopic (exact) mass is 480 g/mol. The van der Waals surface area contributed by atoms with Crippen LogP contribution in [0.15, 0.2) is 47.4 Å². The van der Waals surface area contributed by atoms with E-state index in [1.54, 1.807) is 24.3 Å². The van der Waals surface area contributed by atoms with Crippen LogP contribution in [-0.4, -0.2) is 60.0 Å². The van der Waals surface area contributed by atoms with Crippen LogP contribution >= 0.6 is 0 Å². The van der Waals surface area contributed by atoms with E-state index in [-0.39, 0.29) is 16.4 Å². The number of fused-ring (bicyclic) bond motifs is 1. The molecule has 1 N–H and O–H groups in total. The molecule has 2 aliphatic heterocycles. The Morgan fingerprint density at radius 2 is 1.78 bits per heavy atom. The highest BCUT2D eigenvalue weighted by Gasteiger charge is 2.32. The number of anilines is 1. The van der Waals surface area contributed by atoms with Crippen LogP contribution in [0.5, 0.6) is 11.5 Å². The summed E-state index contributed by atoms with van der Waals surface area (Å²) in [5.41, 5.74) is 1.26. The van der Waals surface area contributed by atoms with Gasteiger partial charge in [-0.25, -0.2) is 16.8 Å². The fourth-order valence-electron chi connectivity index (χ4n) is 3.65. The average Bonchev–Trinajstić information content (AvgIpc) is 3.10. The molecule has 4 rings (SSSR count). The first kappa shape index (κ1) is 22.4. The zero-order valence-electron chi connectivity index (χ0n) is 17.5. The molecule has 2 aliphatic rings. The summed E-state index contributed by atoms with van der Waals surface area (Å²) >= 11 is 0. The molecule has 0 aromatic heterocycles. The summed E-state index contributed by atoms with van der Waals surface area (Å²) in [6, 6.07) is 10.5. The van der Waals surface area contributed by atoms with E-state index in [2.05, 4.69) is 5.32 Å². The second-order valence-corrected chi connectivity index (χ2v) is 11.9. The highest BCUT2D eigenvalue weighted by atomic mass is 32.2. The Kier molecular flexibility index (Phi) is 6.04. The van der Waals surface area contributed by atoms with Crippen molar-refractivity contribution in [2.45, 2.75) is 24.3 Å². The normalized spacial score (nSPS) is 19.3. The molecular formula is C21H24N2O7S2. The van der Waals surface area contributed by atoms with Gasteiger partial charge in [-0.3, -0.25) is 9.10 Å². The van der Waals surface area contributed by atoms with Gasteiger partial charge in [-0.15, -0.1) is 0 Å². The number of sulfonamides is 1. The Hall–Kier alpha value is -2.79. The molecule has 32 heavy (non-hydrogen) atoms. The van der Waals surface area contributed by atoms with Gasteiger partial charge in [0, 0.05) is 12.1 Å². The Balaban J connectivity index is 1.63. The fourth-order valence-corrected chi connectivity index (χ4v) is 6.76. The van der Waals surface area contributed by atoms with Crippen molar-refractivity contribution in [1.29, 1.82) is 0 Å². The van der Waals surface area contributed by atoms with Crippen LogP contribution in [0, 0.1) is 6.92 Å². The molecule has 9 nitrogen and oxygen atoms in total. The number of amides is 1. The number of benzene rings is 2. The number of ether oxygens (including phenoxy) is 2.